The molecule has 4 rings (SSSR count). The van der Waals surface area contributed by atoms with E-state index in [1.165, 1.54) is 24.3 Å². The number of halogens is 1. The van der Waals surface area contributed by atoms with Crippen LogP contribution < -0.4 is 5.32 Å². The van der Waals surface area contributed by atoms with Crippen molar-refractivity contribution in [1.29, 1.82) is 0 Å². The fourth-order valence-corrected chi connectivity index (χ4v) is 3.74. The molecule has 2 unspecified atom stereocenters. The Balaban J connectivity index is 1.56. The third-order valence-corrected chi connectivity index (χ3v) is 5.39. The van der Waals surface area contributed by atoms with Crippen molar-refractivity contribution in [3.8, 4) is 0 Å². The van der Waals surface area contributed by atoms with E-state index in [0.717, 1.165) is 24.8 Å². The Morgan fingerprint density at radius 2 is 1.67 bits per heavy atom. The number of amides is 2. The molecule has 27 heavy (non-hydrogen) atoms. The Bertz CT molecular complexity index is 818. The van der Waals surface area contributed by atoms with Crippen LogP contribution in [0, 0.1) is 11.7 Å². The van der Waals surface area contributed by atoms with Gasteiger partial charge in [-0.1, -0.05) is 30.3 Å². The first-order valence-electron chi connectivity index (χ1n) is 9.50. The van der Waals surface area contributed by atoms with Crippen LogP contribution in [0.2, 0.25) is 0 Å². The Hall–Kier alpha value is -2.69. The lowest BCUT2D eigenvalue weighted by Gasteiger charge is -2.37. The zero-order valence-corrected chi connectivity index (χ0v) is 15.1. The summed E-state index contributed by atoms with van der Waals surface area (Å²) in [6.45, 7) is 0.964. The highest BCUT2D eigenvalue weighted by molar-refractivity contribution is 5.94. The fraction of sp³-hybridized carbons (Fsp3) is 0.364. The Labute approximate surface area is 158 Å². The fourth-order valence-electron chi connectivity index (χ4n) is 3.74. The molecular weight excluding hydrogens is 343 g/mol. The molecule has 1 saturated carbocycles. The molecule has 1 aliphatic carbocycles. The van der Waals surface area contributed by atoms with E-state index < -0.39 is 0 Å². The Kier molecular flexibility index (Phi) is 4.92. The number of nitrogens with one attached hydrogen (secondary N) is 1. The molecule has 1 heterocycles. The zero-order chi connectivity index (χ0) is 18.8. The van der Waals surface area contributed by atoms with Gasteiger partial charge in [0.2, 0.25) is 5.91 Å². The minimum atomic E-state index is -0.367. The highest BCUT2D eigenvalue weighted by atomic mass is 19.1. The molecule has 0 aromatic heterocycles. The number of likely N-dealkylation sites (tertiary alicyclic amines) is 1. The maximum Gasteiger partial charge on any atom is 0.253 e. The van der Waals surface area contributed by atoms with E-state index in [-0.39, 0.29) is 29.5 Å². The largest absolute Gasteiger partial charge is 0.353 e. The van der Waals surface area contributed by atoms with Crippen LogP contribution in [0.1, 0.15) is 41.1 Å². The minimum absolute atomic E-state index is 0.0371. The van der Waals surface area contributed by atoms with Crippen LogP contribution in [0.15, 0.2) is 54.6 Å². The molecule has 4 nitrogen and oxygen atoms in total. The number of nitrogens with zero attached hydrogens (tertiary/aromatic N) is 1. The van der Waals surface area contributed by atoms with Gasteiger partial charge in [0, 0.05) is 30.6 Å². The highest BCUT2D eigenvalue weighted by Crippen LogP contribution is 2.32. The van der Waals surface area contributed by atoms with E-state index in [4.69, 9.17) is 0 Å². The van der Waals surface area contributed by atoms with Crippen LogP contribution in [0.4, 0.5) is 4.39 Å². The lowest BCUT2D eigenvalue weighted by atomic mass is 9.83. The van der Waals surface area contributed by atoms with Crippen LogP contribution in [-0.4, -0.2) is 35.8 Å². The number of rotatable bonds is 4. The van der Waals surface area contributed by atoms with Gasteiger partial charge in [0.05, 0.1) is 5.92 Å². The quantitative estimate of drug-likeness (QED) is 0.902. The average Bonchev–Trinajstić information content (AvgIpc) is 3.52. The summed E-state index contributed by atoms with van der Waals surface area (Å²) in [6.07, 6.45) is 2.81. The van der Waals surface area contributed by atoms with Crippen LogP contribution >= 0.6 is 0 Å². The topological polar surface area (TPSA) is 49.4 Å². The van der Waals surface area contributed by atoms with Crippen molar-refractivity contribution in [2.75, 3.05) is 13.1 Å². The minimum Gasteiger partial charge on any atom is -0.353 e. The summed E-state index contributed by atoms with van der Waals surface area (Å²) in [5, 5.41) is 3.08. The maximum atomic E-state index is 13.2. The number of hydrogen-bond donors (Lipinski definition) is 1. The second-order valence-corrected chi connectivity index (χ2v) is 7.54. The molecule has 1 N–H and O–H groups in total. The van der Waals surface area contributed by atoms with E-state index in [1.54, 1.807) is 4.90 Å². The predicted octanol–water partition coefficient (Wildman–Crippen LogP) is 3.35. The third-order valence-electron chi connectivity index (χ3n) is 5.39. The van der Waals surface area contributed by atoms with E-state index >= 15 is 0 Å². The molecule has 140 valence electrons. The van der Waals surface area contributed by atoms with Gasteiger partial charge >= 0.3 is 0 Å². The van der Waals surface area contributed by atoms with E-state index in [1.807, 2.05) is 30.3 Å². The van der Waals surface area contributed by atoms with Gasteiger partial charge in [-0.3, -0.25) is 9.59 Å². The maximum absolute atomic E-state index is 13.2. The summed E-state index contributed by atoms with van der Waals surface area (Å²) in [4.78, 5) is 27.4. The summed E-state index contributed by atoms with van der Waals surface area (Å²) in [7, 11) is 0. The summed E-state index contributed by atoms with van der Waals surface area (Å²) in [6, 6.07) is 15.9. The van der Waals surface area contributed by atoms with Crippen LogP contribution in [-0.2, 0) is 4.79 Å². The van der Waals surface area contributed by atoms with Crippen LogP contribution in [0.25, 0.3) is 0 Å². The number of piperidine rings is 1. The van der Waals surface area contributed by atoms with Crippen LogP contribution in [0.5, 0.6) is 0 Å². The van der Waals surface area contributed by atoms with Crippen molar-refractivity contribution in [3.63, 3.8) is 0 Å². The first-order chi connectivity index (χ1) is 13.1. The molecule has 1 aliphatic heterocycles. The Morgan fingerprint density at radius 3 is 2.33 bits per heavy atom. The first-order valence-corrected chi connectivity index (χ1v) is 9.50. The number of carbonyl (C=O) groups excluding carboxylic acids is 2. The molecule has 2 aliphatic rings. The van der Waals surface area contributed by atoms with Gasteiger partial charge in [-0.15, -0.1) is 0 Å². The Morgan fingerprint density at radius 1 is 0.963 bits per heavy atom. The zero-order valence-electron chi connectivity index (χ0n) is 15.1. The van der Waals surface area contributed by atoms with Gasteiger partial charge in [-0.25, -0.2) is 4.39 Å². The van der Waals surface area contributed by atoms with E-state index in [0.29, 0.717) is 24.7 Å². The van der Waals surface area contributed by atoms with Crippen molar-refractivity contribution in [2.45, 2.75) is 31.2 Å². The molecule has 2 atom stereocenters. The third kappa shape index (κ3) is 4.18. The average molecular weight is 366 g/mol. The van der Waals surface area contributed by atoms with E-state index in [9.17, 15) is 14.0 Å². The number of hydrogen-bond acceptors (Lipinski definition) is 2. The van der Waals surface area contributed by atoms with Gasteiger partial charge in [0.25, 0.3) is 5.91 Å². The van der Waals surface area contributed by atoms with Crippen molar-refractivity contribution in [2.24, 2.45) is 5.92 Å². The molecule has 2 fully saturated rings. The second kappa shape index (κ2) is 7.51. The van der Waals surface area contributed by atoms with Gasteiger partial charge in [-0.05, 0) is 49.1 Å². The normalized spacial score (nSPS) is 22.3. The van der Waals surface area contributed by atoms with Gasteiger partial charge in [0.1, 0.15) is 5.82 Å². The van der Waals surface area contributed by atoms with Crippen molar-refractivity contribution in [1.82, 2.24) is 10.2 Å². The first kappa shape index (κ1) is 17.7. The van der Waals surface area contributed by atoms with Gasteiger partial charge in [0.15, 0.2) is 0 Å². The van der Waals surface area contributed by atoms with Gasteiger partial charge in [-0.2, -0.15) is 0 Å². The lowest BCUT2D eigenvalue weighted by molar-refractivity contribution is -0.126. The van der Waals surface area contributed by atoms with Crippen molar-refractivity contribution >= 4 is 11.8 Å². The summed E-state index contributed by atoms with van der Waals surface area (Å²) in [5.41, 5.74) is 1.59. The standard InChI is InChI=1S/C22H23FN2O2/c23-19-8-6-16(7-9-19)22(27)25-13-17(15-4-2-1-3-5-15)12-18(14-25)21(26)24-20-10-11-20/h1-9,17-18,20H,10-14H2,(H,24,26). The van der Waals surface area contributed by atoms with E-state index in [2.05, 4.69) is 5.32 Å². The molecule has 5 heteroatoms. The highest BCUT2D eigenvalue weighted by Gasteiger charge is 2.36. The molecule has 0 spiro atoms. The molecular formula is C22H23FN2O2. The molecule has 0 radical (unpaired) electrons. The summed E-state index contributed by atoms with van der Waals surface area (Å²) < 4.78 is 13.2. The number of benzene rings is 2. The molecule has 0 bridgehead atoms. The molecule has 2 amide bonds. The smallest absolute Gasteiger partial charge is 0.253 e. The summed E-state index contributed by atoms with van der Waals surface area (Å²) in [5.74, 6) is -0.600. The molecule has 1 saturated heterocycles. The molecule has 2 aromatic rings. The second-order valence-electron chi connectivity index (χ2n) is 7.54. The predicted molar refractivity (Wildman–Crippen MR) is 101 cm³/mol. The van der Waals surface area contributed by atoms with Crippen LogP contribution in [0.3, 0.4) is 0 Å². The van der Waals surface area contributed by atoms with Crippen molar-refractivity contribution < 1.29 is 14.0 Å². The monoisotopic (exact) mass is 366 g/mol. The molecule has 2 aromatic carbocycles. The summed E-state index contributed by atoms with van der Waals surface area (Å²) >= 11 is 0. The lowest BCUT2D eigenvalue weighted by Crippen LogP contribution is -2.48. The van der Waals surface area contributed by atoms with Crippen molar-refractivity contribution in [3.05, 3.63) is 71.5 Å². The van der Waals surface area contributed by atoms with Gasteiger partial charge < -0.3 is 10.2 Å². The SMILES string of the molecule is O=C(NC1CC1)C1CC(c2ccccc2)CN(C(=O)c2ccc(F)cc2)C1. The number of carbonyl (C=O) groups is 2.